The highest BCUT2D eigenvalue weighted by Crippen LogP contribution is 2.25. The van der Waals surface area contributed by atoms with E-state index in [1.807, 2.05) is 0 Å². The molecule has 0 saturated carbocycles. The summed E-state index contributed by atoms with van der Waals surface area (Å²) >= 11 is -2.24. The molecule has 170 valence electrons. The minimum Gasteiger partial charge on any atom is -0.368 e. The molecule has 0 aliphatic rings. The number of nitrogens with zero attached hydrogens (tertiary/aromatic N) is 2. The Labute approximate surface area is 183 Å². The lowest BCUT2D eigenvalue weighted by Crippen LogP contribution is -2.18. The number of ketones is 1. The Hall–Kier alpha value is -2.93. The van der Waals surface area contributed by atoms with Crippen molar-refractivity contribution in [1.82, 2.24) is 14.7 Å². The molecule has 0 saturated heterocycles. The van der Waals surface area contributed by atoms with E-state index in [4.69, 9.17) is 10.3 Å². The number of rotatable bonds is 10. The van der Waals surface area contributed by atoms with Crippen molar-refractivity contribution in [2.75, 3.05) is 25.0 Å². The van der Waals surface area contributed by atoms with Gasteiger partial charge in [-0.3, -0.25) is 14.3 Å². The number of fused-ring (bicyclic) bond motifs is 1. The number of aromatic nitrogens is 2. The number of aryl methyl sites for hydroxylation is 1. The van der Waals surface area contributed by atoms with Crippen LogP contribution in [0.3, 0.4) is 0 Å². The van der Waals surface area contributed by atoms with E-state index in [0.29, 0.717) is 36.0 Å². The quantitative estimate of drug-likeness (QED) is 0.156. The lowest BCUT2D eigenvalue weighted by atomic mass is 9.97. The SMILES string of the molecule is NCCNc1cnc2ccc(C(=O)c3c(F)c(F)cc(CCCNS(=O)O)c3F)cc2n1. The highest BCUT2D eigenvalue weighted by Gasteiger charge is 2.25. The first-order valence-electron chi connectivity index (χ1n) is 9.58. The van der Waals surface area contributed by atoms with E-state index in [1.54, 1.807) is 0 Å². The number of halogens is 3. The van der Waals surface area contributed by atoms with E-state index in [1.165, 1.54) is 24.4 Å². The van der Waals surface area contributed by atoms with Crippen molar-refractivity contribution in [3.63, 3.8) is 0 Å². The first-order chi connectivity index (χ1) is 15.3. The van der Waals surface area contributed by atoms with Crippen LogP contribution in [0, 0.1) is 17.5 Å². The molecule has 5 N–H and O–H groups in total. The van der Waals surface area contributed by atoms with E-state index >= 15 is 0 Å². The Bertz CT molecular complexity index is 1180. The van der Waals surface area contributed by atoms with Crippen LogP contribution in [-0.4, -0.2) is 44.1 Å². The topological polar surface area (TPSA) is 130 Å². The molecule has 3 rings (SSSR count). The molecule has 0 bridgehead atoms. The highest BCUT2D eigenvalue weighted by molar-refractivity contribution is 7.77. The van der Waals surface area contributed by atoms with Gasteiger partial charge in [0.15, 0.2) is 17.4 Å². The van der Waals surface area contributed by atoms with Crippen molar-refractivity contribution in [1.29, 1.82) is 0 Å². The fourth-order valence-corrected chi connectivity index (χ4v) is 3.38. The van der Waals surface area contributed by atoms with Gasteiger partial charge in [-0.15, -0.1) is 0 Å². The number of carbonyl (C=O) groups is 1. The van der Waals surface area contributed by atoms with Crippen LogP contribution in [0.4, 0.5) is 19.0 Å². The van der Waals surface area contributed by atoms with Crippen molar-refractivity contribution < 1.29 is 26.7 Å². The lowest BCUT2D eigenvalue weighted by Gasteiger charge is -2.11. The van der Waals surface area contributed by atoms with E-state index in [-0.39, 0.29) is 30.5 Å². The molecular formula is C20H20F3N5O3S. The van der Waals surface area contributed by atoms with Gasteiger partial charge in [-0.05, 0) is 42.7 Å². The number of carbonyl (C=O) groups excluding carboxylic acids is 1. The predicted molar refractivity (Wildman–Crippen MR) is 114 cm³/mol. The van der Waals surface area contributed by atoms with Gasteiger partial charge in [-0.1, -0.05) is 0 Å². The molecule has 0 aliphatic heterocycles. The van der Waals surface area contributed by atoms with Crippen LogP contribution in [0.2, 0.25) is 0 Å². The van der Waals surface area contributed by atoms with Crippen molar-refractivity contribution >= 4 is 33.9 Å². The maximum Gasteiger partial charge on any atom is 0.231 e. The molecule has 8 nitrogen and oxygen atoms in total. The van der Waals surface area contributed by atoms with Crippen LogP contribution in [0.15, 0.2) is 30.5 Å². The fraction of sp³-hybridized carbons (Fsp3) is 0.250. The molecule has 1 atom stereocenters. The lowest BCUT2D eigenvalue weighted by molar-refractivity contribution is 0.102. The summed E-state index contributed by atoms with van der Waals surface area (Å²) in [4.78, 5) is 21.4. The van der Waals surface area contributed by atoms with Gasteiger partial charge in [0.1, 0.15) is 11.6 Å². The van der Waals surface area contributed by atoms with Gasteiger partial charge in [0.25, 0.3) is 0 Å². The molecule has 0 aliphatic carbocycles. The van der Waals surface area contributed by atoms with Crippen LogP contribution in [0.25, 0.3) is 11.0 Å². The summed E-state index contributed by atoms with van der Waals surface area (Å²) in [7, 11) is 0. The van der Waals surface area contributed by atoms with E-state index in [9.17, 15) is 22.2 Å². The summed E-state index contributed by atoms with van der Waals surface area (Å²) in [5.74, 6) is -4.76. The summed E-state index contributed by atoms with van der Waals surface area (Å²) in [5.41, 5.74) is 4.88. The van der Waals surface area contributed by atoms with Gasteiger partial charge < -0.3 is 11.1 Å². The highest BCUT2D eigenvalue weighted by atomic mass is 32.2. The number of hydrogen-bond acceptors (Lipinski definition) is 6. The molecule has 0 fully saturated rings. The second-order valence-electron chi connectivity index (χ2n) is 6.77. The van der Waals surface area contributed by atoms with Crippen LogP contribution >= 0.6 is 0 Å². The summed E-state index contributed by atoms with van der Waals surface area (Å²) in [6, 6.07) is 4.80. The Morgan fingerprint density at radius 1 is 1.12 bits per heavy atom. The van der Waals surface area contributed by atoms with Gasteiger partial charge in [-0.2, -0.15) is 0 Å². The number of hydrogen-bond donors (Lipinski definition) is 4. The molecule has 2 aromatic carbocycles. The average molecular weight is 467 g/mol. The molecule has 32 heavy (non-hydrogen) atoms. The van der Waals surface area contributed by atoms with Gasteiger partial charge in [-0.25, -0.2) is 27.1 Å². The van der Waals surface area contributed by atoms with Gasteiger partial charge >= 0.3 is 0 Å². The van der Waals surface area contributed by atoms with Crippen LogP contribution in [0.5, 0.6) is 0 Å². The zero-order chi connectivity index (χ0) is 23.3. The molecule has 3 aromatic rings. The molecule has 0 spiro atoms. The molecule has 1 unspecified atom stereocenters. The van der Waals surface area contributed by atoms with E-state index in [0.717, 1.165) is 0 Å². The van der Waals surface area contributed by atoms with Crippen LogP contribution in [-0.2, 0) is 17.7 Å². The largest absolute Gasteiger partial charge is 0.368 e. The molecular weight excluding hydrogens is 447 g/mol. The Morgan fingerprint density at radius 2 is 1.91 bits per heavy atom. The van der Waals surface area contributed by atoms with Crippen LogP contribution in [0.1, 0.15) is 27.9 Å². The minimum absolute atomic E-state index is 0.0364. The summed E-state index contributed by atoms with van der Waals surface area (Å²) in [6.07, 6.45) is 1.57. The molecule has 0 amide bonds. The minimum atomic E-state index is -2.24. The number of anilines is 1. The smallest absolute Gasteiger partial charge is 0.231 e. The molecule has 1 aromatic heterocycles. The zero-order valence-electron chi connectivity index (χ0n) is 16.7. The number of nitrogens with one attached hydrogen (secondary N) is 2. The zero-order valence-corrected chi connectivity index (χ0v) is 17.5. The van der Waals surface area contributed by atoms with Crippen molar-refractivity contribution in [2.24, 2.45) is 5.73 Å². The predicted octanol–water partition coefficient (Wildman–Crippen LogP) is 2.31. The first kappa shape index (κ1) is 23.7. The standard InChI is InChI=1S/C20H20F3N5O3S/c21-13-8-11(2-1-6-27-32(30)31)18(22)17(19(13)23)20(29)12-3-4-14-15(9-12)28-16(10-26-14)25-7-5-24/h3-4,8-10,27H,1-2,5-7,24H2,(H,25,28)(H,30,31). The van der Waals surface area contributed by atoms with E-state index in [2.05, 4.69) is 20.0 Å². The van der Waals surface area contributed by atoms with Crippen molar-refractivity contribution in [3.05, 3.63) is 64.6 Å². The molecule has 1 heterocycles. The second-order valence-corrected chi connectivity index (χ2v) is 7.56. The number of nitrogens with two attached hydrogens (primary N) is 1. The number of benzene rings is 2. The maximum absolute atomic E-state index is 14.9. The van der Waals surface area contributed by atoms with Gasteiger partial charge in [0.2, 0.25) is 11.3 Å². The van der Waals surface area contributed by atoms with Gasteiger partial charge in [0, 0.05) is 25.2 Å². The van der Waals surface area contributed by atoms with Crippen molar-refractivity contribution in [2.45, 2.75) is 12.8 Å². The fourth-order valence-electron chi connectivity index (χ4n) is 3.06. The third kappa shape index (κ3) is 5.46. The molecule has 12 heteroatoms. The summed E-state index contributed by atoms with van der Waals surface area (Å²) < 4.78 is 65.0. The second kappa shape index (κ2) is 10.6. The summed E-state index contributed by atoms with van der Waals surface area (Å²) in [6.45, 7) is 0.854. The monoisotopic (exact) mass is 467 g/mol. The third-order valence-electron chi connectivity index (χ3n) is 4.56. The van der Waals surface area contributed by atoms with E-state index < -0.39 is 40.1 Å². The maximum atomic E-state index is 14.9. The van der Waals surface area contributed by atoms with Crippen molar-refractivity contribution in [3.8, 4) is 0 Å². The third-order valence-corrected chi connectivity index (χ3v) is 5.01. The summed E-state index contributed by atoms with van der Waals surface area (Å²) in [5, 5.41) is 2.94. The Morgan fingerprint density at radius 3 is 2.62 bits per heavy atom. The normalized spacial score (nSPS) is 12.2. The Balaban J connectivity index is 1.93. The molecule has 0 radical (unpaired) electrons. The van der Waals surface area contributed by atoms with Gasteiger partial charge in [0.05, 0.1) is 22.8 Å². The van der Waals surface area contributed by atoms with Crippen LogP contribution < -0.4 is 15.8 Å². The average Bonchev–Trinajstić information content (AvgIpc) is 2.77. The Kier molecular flexibility index (Phi) is 7.85. The first-order valence-corrected chi connectivity index (χ1v) is 10.7.